The first-order valence-electron chi connectivity index (χ1n) is 9.60. The van der Waals surface area contributed by atoms with Crippen LogP contribution < -0.4 is 10.9 Å². The van der Waals surface area contributed by atoms with Crippen molar-refractivity contribution in [1.29, 1.82) is 0 Å². The lowest BCUT2D eigenvalue weighted by Gasteiger charge is -2.26. The maximum atomic E-state index is 13.2. The third-order valence-electron chi connectivity index (χ3n) is 5.13. The van der Waals surface area contributed by atoms with Crippen molar-refractivity contribution in [3.8, 4) is 0 Å². The van der Waals surface area contributed by atoms with Gasteiger partial charge in [0, 0.05) is 20.1 Å². The molecule has 0 atom stereocenters. The Morgan fingerprint density at radius 1 is 1.25 bits per heavy atom. The fraction of sp³-hybridized carbons (Fsp3) is 0.500. The van der Waals surface area contributed by atoms with E-state index >= 15 is 0 Å². The first-order chi connectivity index (χ1) is 13.5. The number of amides is 2. The van der Waals surface area contributed by atoms with Crippen LogP contribution in [0.25, 0.3) is 10.9 Å². The van der Waals surface area contributed by atoms with Crippen LogP contribution in [0, 0.1) is 0 Å². The maximum Gasteiger partial charge on any atom is 0.262 e. The predicted molar refractivity (Wildman–Crippen MR) is 111 cm³/mol. The molecule has 1 fully saturated rings. The molecule has 2 amide bonds. The second-order valence-electron chi connectivity index (χ2n) is 7.09. The molecule has 28 heavy (non-hydrogen) atoms. The standard InChI is InChI=1S/C20H26N4O3S/c1-21-17(25)12-23(2)18(26)13-28-20-22-16-11-7-6-10-15(16)19(27)24(20)14-8-4-3-5-9-14/h6-7,10-11,14H,3-5,8-9,12-13H2,1-2H3,(H,21,25). The van der Waals surface area contributed by atoms with Gasteiger partial charge in [0.25, 0.3) is 5.56 Å². The predicted octanol–water partition coefficient (Wildman–Crippen LogP) is 2.20. The van der Waals surface area contributed by atoms with E-state index in [0.717, 1.165) is 25.7 Å². The van der Waals surface area contributed by atoms with E-state index in [2.05, 4.69) is 5.32 Å². The van der Waals surface area contributed by atoms with E-state index in [0.29, 0.717) is 16.1 Å². The van der Waals surface area contributed by atoms with E-state index in [9.17, 15) is 14.4 Å². The second kappa shape index (κ2) is 9.23. The lowest BCUT2D eigenvalue weighted by Crippen LogP contribution is -2.38. The molecule has 7 nitrogen and oxygen atoms in total. The normalized spacial score (nSPS) is 14.8. The Morgan fingerprint density at radius 2 is 1.96 bits per heavy atom. The van der Waals surface area contributed by atoms with Crippen LogP contribution in [-0.4, -0.2) is 52.7 Å². The van der Waals surface area contributed by atoms with Crippen molar-refractivity contribution >= 4 is 34.5 Å². The van der Waals surface area contributed by atoms with Crippen molar-refractivity contribution in [2.45, 2.75) is 43.3 Å². The van der Waals surface area contributed by atoms with E-state index in [1.165, 1.54) is 30.1 Å². The molecule has 0 spiro atoms. The Balaban J connectivity index is 1.87. The van der Waals surface area contributed by atoms with Crippen molar-refractivity contribution in [2.75, 3.05) is 26.4 Å². The van der Waals surface area contributed by atoms with Gasteiger partial charge in [-0.2, -0.15) is 0 Å². The Hall–Kier alpha value is -2.35. The van der Waals surface area contributed by atoms with Crippen molar-refractivity contribution < 1.29 is 9.59 Å². The Bertz CT molecular complexity index is 921. The smallest absolute Gasteiger partial charge is 0.262 e. The number of carbonyl (C=O) groups excluding carboxylic acids is 2. The summed E-state index contributed by atoms with van der Waals surface area (Å²) in [4.78, 5) is 43.2. The number of aromatic nitrogens is 2. The van der Waals surface area contributed by atoms with Gasteiger partial charge in [-0.15, -0.1) is 0 Å². The first kappa shape index (κ1) is 20.4. The fourth-order valence-corrected chi connectivity index (χ4v) is 4.51. The number of hydrogen-bond donors (Lipinski definition) is 1. The van der Waals surface area contributed by atoms with Crippen LogP contribution in [0.2, 0.25) is 0 Å². The van der Waals surface area contributed by atoms with Crippen molar-refractivity contribution in [1.82, 2.24) is 19.8 Å². The molecule has 2 aromatic rings. The molecule has 1 aliphatic rings. The van der Waals surface area contributed by atoms with E-state index < -0.39 is 0 Å². The zero-order valence-corrected chi connectivity index (χ0v) is 17.1. The van der Waals surface area contributed by atoms with Crippen molar-refractivity contribution in [2.24, 2.45) is 0 Å². The van der Waals surface area contributed by atoms with Gasteiger partial charge in [0.05, 0.1) is 23.2 Å². The first-order valence-corrected chi connectivity index (χ1v) is 10.6. The van der Waals surface area contributed by atoms with E-state index in [-0.39, 0.29) is 35.7 Å². The Labute approximate surface area is 168 Å². The molecule has 1 saturated carbocycles. The summed E-state index contributed by atoms with van der Waals surface area (Å²) in [7, 11) is 3.14. The van der Waals surface area contributed by atoms with Gasteiger partial charge in [0.2, 0.25) is 11.8 Å². The van der Waals surface area contributed by atoms with Gasteiger partial charge in [0.1, 0.15) is 0 Å². The molecule has 1 aromatic carbocycles. The minimum atomic E-state index is -0.219. The molecule has 3 rings (SSSR count). The topological polar surface area (TPSA) is 84.3 Å². The number of rotatable bonds is 6. The van der Waals surface area contributed by atoms with Gasteiger partial charge < -0.3 is 10.2 Å². The lowest BCUT2D eigenvalue weighted by atomic mass is 9.95. The molecule has 0 radical (unpaired) electrons. The number of nitrogens with zero attached hydrogens (tertiary/aromatic N) is 3. The van der Waals surface area contributed by atoms with Crippen LogP contribution in [-0.2, 0) is 9.59 Å². The number of benzene rings is 1. The number of likely N-dealkylation sites (N-methyl/N-ethyl adjacent to an activating group) is 2. The van der Waals surface area contributed by atoms with Gasteiger partial charge >= 0.3 is 0 Å². The number of nitrogens with one attached hydrogen (secondary N) is 1. The van der Waals surface area contributed by atoms with Crippen molar-refractivity contribution in [3.63, 3.8) is 0 Å². The molecule has 1 heterocycles. The number of carbonyl (C=O) groups is 2. The highest BCUT2D eigenvalue weighted by molar-refractivity contribution is 7.99. The molecule has 1 N–H and O–H groups in total. The number of thioether (sulfide) groups is 1. The summed E-state index contributed by atoms with van der Waals surface area (Å²) in [6.07, 6.45) is 5.30. The maximum absolute atomic E-state index is 13.2. The summed E-state index contributed by atoms with van der Waals surface area (Å²) in [6, 6.07) is 7.46. The Morgan fingerprint density at radius 3 is 2.68 bits per heavy atom. The highest BCUT2D eigenvalue weighted by Crippen LogP contribution is 2.31. The molecule has 8 heteroatoms. The monoisotopic (exact) mass is 402 g/mol. The minimum absolute atomic E-state index is 0.0104. The zero-order chi connectivity index (χ0) is 20.1. The van der Waals surface area contributed by atoms with Crippen molar-refractivity contribution in [3.05, 3.63) is 34.6 Å². The highest BCUT2D eigenvalue weighted by Gasteiger charge is 2.23. The quantitative estimate of drug-likeness (QED) is 0.591. The molecule has 0 unspecified atom stereocenters. The Kier molecular flexibility index (Phi) is 6.72. The molecule has 1 aromatic heterocycles. The molecule has 0 aliphatic heterocycles. The van der Waals surface area contributed by atoms with Gasteiger partial charge in [0.15, 0.2) is 5.16 Å². The molecule has 0 bridgehead atoms. The number of para-hydroxylation sites is 1. The summed E-state index contributed by atoms with van der Waals surface area (Å²) in [5, 5.41) is 3.70. The summed E-state index contributed by atoms with van der Waals surface area (Å²) in [5.74, 6) is -0.264. The van der Waals surface area contributed by atoms with Gasteiger partial charge in [-0.25, -0.2) is 4.98 Å². The van der Waals surface area contributed by atoms with Gasteiger partial charge in [-0.05, 0) is 25.0 Å². The molecule has 150 valence electrons. The number of fused-ring (bicyclic) bond motifs is 1. The minimum Gasteiger partial charge on any atom is -0.358 e. The van der Waals surface area contributed by atoms with Gasteiger partial charge in [-0.1, -0.05) is 43.2 Å². The average Bonchev–Trinajstić information content (AvgIpc) is 2.72. The molecular formula is C20H26N4O3S. The zero-order valence-electron chi connectivity index (χ0n) is 16.3. The van der Waals surface area contributed by atoms with Crippen LogP contribution in [0.5, 0.6) is 0 Å². The van der Waals surface area contributed by atoms with E-state index in [1.54, 1.807) is 17.7 Å². The van der Waals surface area contributed by atoms with Crippen LogP contribution in [0.4, 0.5) is 0 Å². The largest absolute Gasteiger partial charge is 0.358 e. The SMILES string of the molecule is CNC(=O)CN(C)C(=O)CSc1nc2ccccc2c(=O)n1C1CCCCC1. The van der Waals surface area contributed by atoms with Crippen LogP contribution >= 0.6 is 11.8 Å². The van der Waals surface area contributed by atoms with E-state index in [4.69, 9.17) is 4.98 Å². The summed E-state index contributed by atoms with van der Waals surface area (Å²) in [5.41, 5.74) is 0.611. The number of hydrogen-bond acceptors (Lipinski definition) is 5. The molecule has 0 saturated heterocycles. The van der Waals surface area contributed by atoms with E-state index in [1.807, 2.05) is 18.2 Å². The lowest BCUT2D eigenvalue weighted by molar-refractivity contribution is -0.132. The van der Waals surface area contributed by atoms with Crippen LogP contribution in [0.3, 0.4) is 0 Å². The summed E-state index contributed by atoms with van der Waals surface area (Å²) in [6.45, 7) is 0.0104. The highest BCUT2D eigenvalue weighted by atomic mass is 32.2. The third-order valence-corrected chi connectivity index (χ3v) is 6.06. The molecular weight excluding hydrogens is 376 g/mol. The van der Waals surface area contributed by atoms with Gasteiger partial charge in [-0.3, -0.25) is 19.0 Å². The fourth-order valence-electron chi connectivity index (χ4n) is 3.51. The van der Waals surface area contributed by atoms with Crippen LogP contribution in [0.15, 0.2) is 34.2 Å². The summed E-state index contributed by atoms with van der Waals surface area (Å²) >= 11 is 1.27. The second-order valence-corrected chi connectivity index (χ2v) is 8.03. The average molecular weight is 403 g/mol. The third kappa shape index (κ3) is 4.55. The summed E-state index contributed by atoms with van der Waals surface area (Å²) < 4.78 is 1.79. The van der Waals surface area contributed by atoms with Crippen LogP contribution in [0.1, 0.15) is 38.1 Å². The molecule has 1 aliphatic carbocycles.